The molecule has 5 nitrogen and oxygen atoms in total. The zero-order chi connectivity index (χ0) is 19.2. The van der Waals surface area contributed by atoms with Crippen LogP contribution in [0.25, 0.3) is 10.6 Å². The maximum atomic E-state index is 12.3. The summed E-state index contributed by atoms with van der Waals surface area (Å²) in [6, 6.07) is 8.30. The summed E-state index contributed by atoms with van der Waals surface area (Å²) in [5, 5.41) is 5.93. The number of hydrogen-bond acceptors (Lipinski definition) is 5. The van der Waals surface area contributed by atoms with E-state index in [9.17, 15) is 4.79 Å². The Morgan fingerprint density at radius 2 is 2.15 bits per heavy atom. The highest BCUT2D eigenvalue weighted by molar-refractivity contribution is 7.13. The Balaban J connectivity index is 1.46. The molecular weight excluding hydrogens is 358 g/mol. The molecule has 1 fully saturated rings. The Labute approximate surface area is 165 Å². The van der Waals surface area contributed by atoms with E-state index in [1.54, 1.807) is 11.3 Å². The van der Waals surface area contributed by atoms with Gasteiger partial charge in [-0.05, 0) is 12.8 Å². The van der Waals surface area contributed by atoms with E-state index < -0.39 is 0 Å². The van der Waals surface area contributed by atoms with Crippen LogP contribution in [0, 0.1) is 12.8 Å². The van der Waals surface area contributed by atoms with Crippen molar-refractivity contribution < 1.29 is 9.53 Å². The summed E-state index contributed by atoms with van der Waals surface area (Å²) in [4.78, 5) is 19.3. The molecule has 6 heteroatoms. The van der Waals surface area contributed by atoms with E-state index in [2.05, 4.69) is 60.2 Å². The SMILES string of the molecule is Cc1ccc(-c2nc(CC(=O)NCC3CN(CC(C)C)CCO3)cs2)cc1. The van der Waals surface area contributed by atoms with Gasteiger partial charge in [-0.1, -0.05) is 43.7 Å². The van der Waals surface area contributed by atoms with Crippen molar-refractivity contribution in [1.29, 1.82) is 0 Å². The number of morpholine rings is 1. The van der Waals surface area contributed by atoms with E-state index in [4.69, 9.17) is 4.74 Å². The second-order valence-electron chi connectivity index (χ2n) is 7.64. The van der Waals surface area contributed by atoms with E-state index in [0.717, 1.165) is 42.5 Å². The highest BCUT2D eigenvalue weighted by Crippen LogP contribution is 2.24. The van der Waals surface area contributed by atoms with Crippen LogP contribution in [0.5, 0.6) is 0 Å². The summed E-state index contributed by atoms with van der Waals surface area (Å²) in [6.07, 6.45) is 0.380. The van der Waals surface area contributed by atoms with Crippen LogP contribution < -0.4 is 5.32 Å². The summed E-state index contributed by atoms with van der Waals surface area (Å²) in [5.41, 5.74) is 3.14. The fourth-order valence-electron chi connectivity index (χ4n) is 3.26. The van der Waals surface area contributed by atoms with Crippen LogP contribution in [-0.2, 0) is 16.0 Å². The lowest BCUT2D eigenvalue weighted by Gasteiger charge is -2.33. The number of benzene rings is 1. The minimum absolute atomic E-state index is 0.000314. The van der Waals surface area contributed by atoms with Crippen molar-refractivity contribution in [2.45, 2.75) is 33.3 Å². The Morgan fingerprint density at radius 1 is 1.37 bits per heavy atom. The molecule has 146 valence electrons. The molecule has 1 aromatic carbocycles. The Morgan fingerprint density at radius 3 is 2.89 bits per heavy atom. The fraction of sp³-hybridized carbons (Fsp3) is 0.524. The van der Waals surface area contributed by atoms with Crippen LogP contribution in [0.2, 0.25) is 0 Å². The molecule has 1 aliphatic heterocycles. The molecule has 2 heterocycles. The van der Waals surface area contributed by atoms with Gasteiger partial charge in [0.1, 0.15) is 5.01 Å². The van der Waals surface area contributed by atoms with Gasteiger partial charge in [0.15, 0.2) is 0 Å². The first-order valence-corrected chi connectivity index (χ1v) is 10.5. The second kappa shape index (κ2) is 9.44. The molecule has 0 aliphatic carbocycles. The summed E-state index contributed by atoms with van der Waals surface area (Å²) in [7, 11) is 0. The van der Waals surface area contributed by atoms with Gasteiger partial charge in [0.25, 0.3) is 0 Å². The number of hydrogen-bond donors (Lipinski definition) is 1. The Hall–Kier alpha value is -1.76. The van der Waals surface area contributed by atoms with Gasteiger partial charge < -0.3 is 10.1 Å². The minimum Gasteiger partial charge on any atom is -0.374 e. The lowest BCUT2D eigenvalue weighted by Crippen LogP contribution is -2.48. The molecule has 1 aromatic heterocycles. The zero-order valence-electron chi connectivity index (χ0n) is 16.4. The van der Waals surface area contributed by atoms with Crippen LogP contribution in [0.4, 0.5) is 0 Å². The Bertz CT molecular complexity index is 742. The van der Waals surface area contributed by atoms with E-state index in [-0.39, 0.29) is 12.0 Å². The second-order valence-corrected chi connectivity index (χ2v) is 8.50. The molecule has 1 amide bonds. The molecule has 1 aliphatic rings. The molecule has 1 saturated heterocycles. The molecule has 27 heavy (non-hydrogen) atoms. The van der Waals surface area contributed by atoms with Gasteiger partial charge in [-0.25, -0.2) is 4.98 Å². The summed E-state index contributed by atoms with van der Waals surface area (Å²) >= 11 is 1.58. The van der Waals surface area contributed by atoms with Crippen LogP contribution >= 0.6 is 11.3 Å². The number of carbonyl (C=O) groups excluding carboxylic acids is 1. The quantitative estimate of drug-likeness (QED) is 0.793. The van der Waals surface area contributed by atoms with Crippen molar-refractivity contribution in [3.63, 3.8) is 0 Å². The first-order valence-electron chi connectivity index (χ1n) is 9.61. The van der Waals surface area contributed by atoms with Crippen LogP contribution in [0.3, 0.4) is 0 Å². The highest BCUT2D eigenvalue weighted by atomic mass is 32.1. The molecule has 2 aromatic rings. The standard InChI is InChI=1S/C21H29N3O2S/c1-15(2)12-24-8-9-26-19(13-24)11-22-20(25)10-18-14-27-21(23-18)17-6-4-16(3)5-7-17/h4-7,14-15,19H,8-13H2,1-3H3,(H,22,25). The maximum absolute atomic E-state index is 12.3. The average Bonchev–Trinajstić information content (AvgIpc) is 3.09. The average molecular weight is 388 g/mol. The van der Waals surface area contributed by atoms with Gasteiger partial charge in [-0.15, -0.1) is 11.3 Å². The summed E-state index contributed by atoms with van der Waals surface area (Å²) in [5.74, 6) is 0.645. The third-order valence-corrected chi connectivity index (χ3v) is 5.51. The molecule has 1 atom stereocenters. The number of aryl methyl sites for hydroxylation is 1. The normalized spacial score (nSPS) is 18.0. The lowest BCUT2D eigenvalue weighted by atomic mass is 10.1. The molecule has 3 rings (SSSR count). The van der Waals surface area contributed by atoms with E-state index in [0.29, 0.717) is 18.9 Å². The number of nitrogens with zero attached hydrogens (tertiary/aromatic N) is 2. The Kier molecular flexibility index (Phi) is 6.99. The number of aromatic nitrogens is 1. The summed E-state index contributed by atoms with van der Waals surface area (Å²) < 4.78 is 5.79. The number of nitrogens with one attached hydrogen (secondary N) is 1. The van der Waals surface area contributed by atoms with E-state index in [1.165, 1.54) is 5.56 Å². The zero-order valence-corrected chi connectivity index (χ0v) is 17.2. The van der Waals surface area contributed by atoms with E-state index >= 15 is 0 Å². The van der Waals surface area contributed by atoms with Gasteiger partial charge >= 0.3 is 0 Å². The van der Waals surface area contributed by atoms with Crippen LogP contribution in [-0.4, -0.2) is 54.7 Å². The van der Waals surface area contributed by atoms with Crippen molar-refractivity contribution in [3.8, 4) is 10.6 Å². The molecule has 1 unspecified atom stereocenters. The summed E-state index contributed by atoms with van der Waals surface area (Å²) in [6.45, 7) is 10.8. The first kappa shape index (κ1) is 20.0. The fourth-order valence-corrected chi connectivity index (χ4v) is 4.08. The van der Waals surface area contributed by atoms with Crippen molar-refractivity contribution in [2.24, 2.45) is 5.92 Å². The third kappa shape index (κ3) is 6.13. The number of amides is 1. The number of carbonyl (C=O) groups is 1. The number of ether oxygens (including phenoxy) is 1. The van der Waals surface area contributed by atoms with Gasteiger partial charge in [0.2, 0.25) is 5.91 Å². The predicted octanol–water partition coefficient (Wildman–Crippen LogP) is 3.13. The largest absolute Gasteiger partial charge is 0.374 e. The minimum atomic E-state index is 0.000314. The molecule has 0 bridgehead atoms. The van der Waals surface area contributed by atoms with Crippen molar-refractivity contribution in [3.05, 3.63) is 40.9 Å². The molecule has 0 radical (unpaired) electrons. The molecule has 1 N–H and O–H groups in total. The van der Waals surface area contributed by atoms with Crippen molar-refractivity contribution in [1.82, 2.24) is 15.2 Å². The predicted molar refractivity (Wildman–Crippen MR) is 110 cm³/mol. The molecule has 0 saturated carbocycles. The van der Waals surface area contributed by atoms with Gasteiger partial charge in [0, 0.05) is 37.1 Å². The molecular formula is C21H29N3O2S. The van der Waals surface area contributed by atoms with Gasteiger partial charge in [0.05, 0.1) is 24.8 Å². The van der Waals surface area contributed by atoms with Gasteiger partial charge in [-0.2, -0.15) is 0 Å². The number of rotatable bonds is 7. The smallest absolute Gasteiger partial charge is 0.226 e. The van der Waals surface area contributed by atoms with Gasteiger partial charge in [-0.3, -0.25) is 9.69 Å². The third-order valence-electron chi connectivity index (χ3n) is 4.57. The van der Waals surface area contributed by atoms with Crippen molar-refractivity contribution >= 4 is 17.2 Å². The van der Waals surface area contributed by atoms with Crippen LogP contribution in [0.1, 0.15) is 25.1 Å². The maximum Gasteiger partial charge on any atom is 0.226 e. The van der Waals surface area contributed by atoms with Crippen LogP contribution in [0.15, 0.2) is 29.6 Å². The highest BCUT2D eigenvalue weighted by Gasteiger charge is 2.21. The number of thiazole rings is 1. The lowest BCUT2D eigenvalue weighted by molar-refractivity contribution is -0.121. The first-order chi connectivity index (χ1) is 13.0. The van der Waals surface area contributed by atoms with Crippen molar-refractivity contribution in [2.75, 3.05) is 32.8 Å². The monoisotopic (exact) mass is 387 g/mol. The molecule has 0 spiro atoms. The topological polar surface area (TPSA) is 54.5 Å². The van der Waals surface area contributed by atoms with E-state index in [1.807, 2.05) is 5.38 Å².